The van der Waals surface area contributed by atoms with E-state index in [1.807, 2.05) is 12.3 Å². The summed E-state index contributed by atoms with van der Waals surface area (Å²) in [6.45, 7) is 4.85. The van der Waals surface area contributed by atoms with Crippen LogP contribution in [0.3, 0.4) is 0 Å². The van der Waals surface area contributed by atoms with Crippen LogP contribution in [0.15, 0.2) is 24.5 Å². The van der Waals surface area contributed by atoms with Gasteiger partial charge in [-0.25, -0.2) is 9.97 Å². The molecule has 3 heterocycles. The molecule has 0 atom stereocenters. The van der Waals surface area contributed by atoms with E-state index >= 15 is 0 Å². The molecule has 1 saturated heterocycles. The minimum absolute atomic E-state index is 0.539. The molecule has 0 aromatic carbocycles. The number of aromatic nitrogens is 2. The Morgan fingerprint density at radius 1 is 1.38 bits per heavy atom. The van der Waals surface area contributed by atoms with Crippen molar-refractivity contribution in [2.75, 3.05) is 24.6 Å². The summed E-state index contributed by atoms with van der Waals surface area (Å²) in [5.41, 5.74) is 0. The van der Waals surface area contributed by atoms with Gasteiger partial charge in [-0.05, 0) is 37.8 Å². The average Bonchev–Trinajstić information content (AvgIpc) is 2.94. The summed E-state index contributed by atoms with van der Waals surface area (Å²) in [7, 11) is 0. The van der Waals surface area contributed by atoms with Crippen LogP contribution in [0, 0.1) is 12.8 Å². The highest BCUT2D eigenvalue weighted by Crippen LogP contribution is 2.28. The molecule has 0 spiro atoms. The van der Waals surface area contributed by atoms with Gasteiger partial charge in [0.1, 0.15) is 5.02 Å². The lowest BCUT2D eigenvalue weighted by Crippen LogP contribution is -2.35. The summed E-state index contributed by atoms with van der Waals surface area (Å²) in [5, 5.41) is 1.72. The number of aryl methyl sites for hydroxylation is 1. The second kappa shape index (κ2) is 6.62. The van der Waals surface area contributed by atoms with Crippen LogP contribution in [-0.4, -0.2) is 29.7 Å². The molecule has 0 aliphatic carbocycles. The summed E-state index contributed by atoms with van der Waals surface area (Å²) in [4.78, 5) is 12.2. The summed E-state index contributed by atoms with van der Waals surface area (Å²) in [6, 6.07) is 3.61. The number of nitrogens with zero attached hydrogens (tertiary/aromatic N) is 3. The molecule has 0 unspecified atom stereocenters. The van der Waals surface area contributed by atoms with Crippen LogP contribution >= 0.6 is 22.9 Å². The van der Waals surface area contributed by atoms with E-state index < -0.39 is 0 Å². The molecule has 3 rings (SSSR count). The number of thiazole rings is 1. The number of ether oxygens (including phenoxy) is 1. The summed E-state index contributed by atoms with van der Waals surface area (Å²) in [5.74, 6) is 1.09. The lowest BCUT2D eigenvalue weighted by Gasteiger charge is -2.31. The Balaban J connectivity index is 1.49. The van der Waals surface area contributed by atoms with Crippen LogP contribution in [0.1, 0.15) is 17.7 Å². The van der Waals surface area contributed by atoms with Gasteiger partial charge in [-0.1, -0.05) is 11.6 Å². The first-order valence-electron chi connectivity index (χ1n) is 7.13. The van der Waals surface area contributed by atoms with Crippen molar-refractivity contribution < 1.29 is 4.74 Å². The lowest BCUT2D eigenvalue weighted by molar-refractivity contribution is 0.216. The van der Waals surface area contributed by atoms with E-state index in [9.17, 15) is 0 Å². The monoisotopic (exact) mass is 323 g/mol. The number of hydrogen-bond donors (Lipinski definition) is 0. The molecule has 0 bridgehead atoms. The van der Waals surface area contributed by atoms with Gasteiger partial charge in [0.15, 0.2) is 5.13 Å². The number of rotatable bonds is 4. The number of piperidine rings is 1. The molecule has 0 radical (unpaired) electrons. The van der Waals surface area contributed by atoms with Gasteiger partial charge in [0, 0.05) is 30.4 Å². The number of pyridine rings is 1. The zero-order chi connectivity index (χ0) is 14.7. The second-order valence-corrected chi connectivity index (χ2v) is 6.91. The Hall–Kier alpha value is -1.33. The minimum atomic E-state index is 0.539. The van der Waals surface area contributed by atoms with Gasteiger partial charge in [-0.2, -0.15) is 0 Å². The number of halogens is 1. The SMILES string of the molecule is Cc1cnc(N2CCC(COc3ncccc3Cl)CC2)s1. The maximum Gasteiger partial charge on any atom is 0.232 e. The molecular weight excluding hydrogens is 306 g/mol. The van der Waals surface area contributed by atoms with Crippen molar-refractivity contribution in [1.82, 2.24) is 9.97 Å². The van der Waals surface area contributed by atoms with E-state index in [0.29, 0.717) is 23.4 Å². The van der Waals surface area contributed by atoms with Gasteiger partial charge in [0.05, 0.1) is 6.61 Å². The molecule has 112 valence electrons. The Labute approximate surface area is 133 Å². The zero-order valence-corrected chi connectivity index (χ0v) is 13.5. The third-order valence-corrected chi connectivity index (χ3v) is 4.94. The maximum absolute atomic E-state index is 6.04. The first-order valence-corrected chi connectivity index (χ1v) is 8.32. The van der Waals surface area contributed by atoms with E-state index in [2.05, 4.69) is 21.8 Å². The predicted molar refractivity (Wildman–Crippen MR) is 86.5 cm³/mol. The molecule has 0 N–H and O–H groups in total. The molecule has 6 heteroatoms. The molecule has 1 fully saturated rings. The molecule has 0 amide bonds. The van der Waals surface area contributed by atoms with Crippen molar-refractivity contribution in [3.8, 4) is 5.88 Å². The molecule has 2 aromatic rings. The highest BCUT2D eigenvalue weighted by atomic mass is 35.5. The van der Waals surface area contributed by atoms with E-state index in [0.717, 1.165) is 31.1 Å². The van der Waals surface area contributed by atoms with Crippen LogP contribution in [-0.2, 0) is 0 Å². The third-order valence-electron chi connectivity index (χ3n) is 3.67. The van der Waals surface area contributed by atoms with Crippen LogP contribution in [0.25, 0.3) is 0 Å². The zero-order valence-electron chi connectivity index (χ0n) is 12.0. The van der Waals surface area contributed by atoms with Crippen molar-refractivity contribution >= 4 is 28.1 Å². The van der Waals surface area contributed by atoms with Crippen LogP contribution in [0.2, 0.25) is 5.02 Å². The minimum Gasteiger partial charge on any atom is -0.476 e. The Morgan fingerprint density at radius 2 is 2.19 bits per heavy atom. The topological polar surface area (TPSA) is 38.2 Å². The number of anilines is 1. The first-order chi connectivity index (χ1) is 10.2. The number of hydrogen-bond acceptors (Lipinski definition) is 5. The smallest absolute Gasteiger partial charge is 0.232 e. The van der Waals surface area contributed by atoms with E-state index in [1.54, 1.807) is 23.6 Å². The lowest BCUT2D eigenvalue weighted by atomic mass is 9.98. The molecule has 4 nitrogen and oxygen atoms in total. The normalized spacial score (nSPS) is 16.2. The van der Waals surface area contributed by atoms with E-state index in [-0.39, 0.29) is 0 Å². The summed E-state index contributed by atoms with van der Waals surface area (Å²) < 4.78 is 5.75. The van der Waals surface area contributed by atoms with Crippen molar-refractivity contribution in [1.29, 1.82) is 0 Å². The second-order valence-electron chi connectivity index (χ2n) is 5.29. The molecule has 1 aliphatic rings. The van der Waals surface area contributed by atoms with Crippen molar-refractivity contribution in [2.45, 2.75) is 19.8 Å². The Bertz CT molecular complexity index is 596. The van der Waals surface area contributed by atoms with Crippen molar-refractivity contribution in [2.24, 2.45) is 5.92 Å². The van der Waals surface area contributed by atoms with Gasteiger partial charge in [0.2, 0.25) is 5.88 Å². The fraction of sp³-hybridized carbons (Fsp3) is 0.467. The van der Waals surface area contributed by atoms with Gasteiger partial charge in [0.25, 0.3) is 0 Å². The first kappa shape index (κ1) is 14.6. The van der Waals surface area contributed by atoms with Gasteiger partial charge in [-0.15, -0.1) is 11.3 Å². The fourth-order valence-corrected chi connectivity index (χ4v) is 3.44. The molecule has 2 aromatic heterocycles. The van der Waals surface area contributed by atoms with Crippen LogP contribution in [0.5, 0.6) is 5.88 Å². The largest absolute Gasteiger partial charge is 0.476 e. The van der Waals surface area contributed by atoms with E-state index in [1.165, 1.54) is 4.88 Å². The fourth-order valence-electron chi connectivity index (χ4n) is 2.45. The molecular formula is C15H18ClN3OS. The standard InChI is InChI=1S/C15H18ClN3OS/c1-11-9-18-15(21-11)19-7-4-12(5-8-19)10-20-14-13(16)3-2-6-17-14/h2-3,6,9,12H,4-5,7-8,10H2,1H3. The average molecular weight is 324 g/mol. The molecule has 1 aliphatic heterocycles. The molecule has 0 saturated carbocycles. The predicted octanol–water partition coefficient (Wildman–Crippen LogP) is 3.80. The van der Waals surface area contributed by atoms with Crippen molar-refractivity contribution in [3.05, 3.63) is 34.4 Å². The van der Waals surface area contributed by atoms with Gasteiger partial charge < -0.3 is 9.64 Å². The van der Waals surface area contributed by atoms with E-state index in [4.69, 9.17) is 16.3 Å². The summed E-state index contributed by atoms with van der Waals surface area (Å²) in [6.07, 6.45) is 5.87. The Kier molecular flexibility index (Phi) is 4.60. The highest BCUT2D eigenvalue weighted by Gasteiger charge is 2.22. The maximum atomic E-state index is 6.04. The Morgan fingerprint density at radius 3 is 2.86 bits per heavy atom. The van der Waals surface area contributed by atoms with Gasteiger partial charge >= 0.3 is 0 Å². The van der Waals surface area contributed by atoms with Gasteiger partial charge in [-0.3, -0.25) is 0 Å². The molecule has 21 heavy (non-hydrogen) atoms. The quantitative estimate of drug-likeness (QED) is 0.858. The third kappa shape index (κ3) is 3.66. The summed E-state index contributed by atoms with van der Waals surface area (Å²) >= 11 is 7.81. The van der Waals surface area contributed by atoms with Crippen LogP contribution in [0.4, 0.5) is 5.13 Å². The van der Waals surface area contributed by atoms with Crippen molar-refractivity contribution in [3.63, 3.8) is 0 Å². The highest BCUT2D eigenvalue weighted by molar-refractivity contribution is 7.15. The van der Waals surface area contributed by atoms with Crippen LogP contribution < -0.4 is 9.64 Å².